The summed E-state index contributed by atoms with van der Waals surface area (Å²) in [6.45, 7) is 3.82. The first kappa shape index (κ1) is 13.3. The van der Waals surface area contributed by atoms with Crippen LogP contribution < -0.4 is 9.47 Å². The predicted octanol–water partition coefficient (Wildman–Crippen LogP) is 2.37. The van der Waals surface area contributed by atoms with Gasteiger partial charge in [0.2, 0.25) is 0 Å². The Labute approximate surface area is 102 Å². The zero-order chi connectivity index (χ0) is 12.5. The molecule has 0 atom stereocenters. The molecule has 4 nitrogen and oxygen atoms in total. The highest BCUT2D eigenvalue weighted by atomic mass is 16.5. The van der Waals surface area contributed by atoms with Crippen LogP contribution in [0.2, 0.25) is 0 Å². The van der Waals surface area contributed by atoms with Crippen LogP contribution >= 0.6 is 0 Å². The zero-order valence-corrected chi connectivity index (χ0v) is 10.2. The van der Waals surface area contributed by atoms with Gasteiger partial charge in [-0.2, -0.15) is 5.26 Å². The molecule has 0 amide bonds. The fraction of sp³-hybridized carbons (Fsp3) is 0.462. The third-order valence-corrected chi connectivity index (χ3v) is 2.09. The minimum atomic E-state index is 0.470. The van der Waals surface area contributed by atoms with Gasteiger partial charge in [-0.05, 0) is 18.6 Å². The number of hydrogen-bond donors (Lipinski definition) is 0. The van der Waals surface area contributed by atoms with Gasteiger partial charge in [-0.25, -0.2) is 0 Å². The Morgan fingerprint density at radius 1 is 1.12 bits per heavy atom. The molecule has 0 radical (unpaired) electrons. The molecule has 1 aromatic carbocycles. The molecule has 0 saturated heterocycles. The van der Waals surface area contributed by atoms with E-state index in [2.05, 4.69) is 13.0 Å². The molecule has 0 aliphatic heterocycles. The van der Waals surface area contributed by atoms with Gasteiger partial charge < -0.3 is 14.2 Å². The van der Waals surface area contributed by atoms with Crippen LogP contribution in [0, 0.1) is 11.3 Å². The highest BCUT2D eigenvalue weighted by molar-refractivity contribution is 5.43. The Balaban J connectivity index is 2.50. The molecular weight excluding hydrogens is 218 g/mol. The van der Waals surface area contributed by atoms with Gasteiger partial charge in [-0.15, -0.1) is 0 Å². The number of methoxy groups -OCH3 is 1. The lowest BCUT2D eigenvalue weighted by Gasteiger charge is -2.08. The summed E-state index contributed by atoms with van der Waals surface area (Å²) >= 11 is 0. The minimum Gasteiger partial charge on any atom is -0.497 e. The van der Waals surface area contributed by atoms with Crippen molar-refractivity contribution in [2.75, 3.05) is 26.9 Å². The largest absolute Gasteiger partial charge is 0.497 e. The van der Waals surface area contributed by atoms with E-state index >= 15 is 0 Å². The number of nitrogens with zero attached hydrogens (tertiary/aromatic N) is 1. The number of rotatable bonds is 7. The lowest BCUT2D eigenvalue weighted by atomic mass is 10.2. The lowest BCUT2D eigenvalue weighted by Crippen LogP contribution is -2.07. The third-order valence-electron chi connectivity index (χ3n) is 2.09. The van der Waals surface area contributed by atoms with Crippen LogP contribution in [-0.4, -0.2) is 26.9 Å². The van der Waals surface area contributed by atoms with Crippen LogP contribution in [0.1, 0.15) is 18.9 Å². The molecule has 0 aromatic heterocycles. The van der Waals surface area contributed by atoms with Gasteiger partial charge in [-0.1, -0.05) is 6.92 Å². The van der Waals surface area contributed by atoms with Crippen molar-refractivity contribution in [3.05, 3.63) is 23.8 Å². The Morgan fingerprint density at radius 3 is 2.53 bits per heavy atom. The molecule has 92 valence electrons. The van der Waals surface area contributed by atoms with E-state index in [4.69, 9.17) is 19.5 Å². The first-order chi connectivity index (χ1) is 8.30. The summed E-state index contributed by atoms with van der Waals surface area (Å²) in [5.74, 6) is 1.24. The van der Waals surface area contributed by atoms with Gasteiger partial charge in [0, 0.05) is 12.7 Å². The van der Waals surface area contributed by atoms with Gasteiger partial charge in [-0.3, -0.25) is 0 Å². The topological polar surface area (TPSA) is 51.5 Å². The molecular formula is C13H17NO3. The van der Waals surface area contributed by atoms with Crippen LogP contribution in [0.3, 0.4) is 0 Å². The smallest absolute Gasteiger partial charge is 0.124 e. The monoisotopic (exact) mass is 235 g/mol. The molecule has 4 heteroatoms. The fourth-order valence-electron chi connectivity index (χ4n) is 1.30. The van der Waals surface area contributed by atoms with Gasteiger partial charge in [0.1, 0.15) is 18.1 Å². The number of benzene rings is 1. The molecule has 17 heavy (non-hydrogen) atoms. The molecule has 0 aliphatic carbocycles. The molecule has 0 fully saturated rings. The first-order valence-electron chi connectivity index (χ1n) is 5.60. The van der Waals surface area contributed by atoms with Crippen molar-refractivity contribution >= 4 is 0 Å². The van der Waals surface area contributed by atoms with E-state index in [1.807, 2.05) is 0 Å². The van der Waals surface area contributed by atoms with E-state index in [1.165, 1.54) is 0 Å². The SMILES string of the molecule is CCCOCCOc1cc(C#N)cc(OC)c1. The van der Waals surface area contributed by atoms with Crippen molar-refractivity contribution in [1.29, 1.82) is 5.26 Å². The molecule has 0 spiro atoms. The van der Waals surface area contributed by atoms with Gasteiger partial charge in [0.15, 0.2) is 0 Å². The Kier molecular flexibility index (Phi) is 5.91. The second kappa shape index (κ2) is 7.53. The molecule has 0 aliphatic rings. The third kappa shape index (κ3) is 4.75. The van der Waals surface area contributed by atoms with E-state index in [9.17, 15) is 0 Å². The van der Waals surface area contributed by atoms with Crippen LogP contribution in [0.5, 0.6) is 11.5 Å². The Morgan fingerprint density at radius 2 is 1.88 bits per heavy atom. The maximum Gasteiger partial charge on any atom is 0.124 e. The van der Waals surface area contributed by atoms with Gasteiger partial charge in [0.05, 0.1) is 25.3 Å². The van der Waals surface area contributed by atoms with Crippen molar-refractivity contribution in [3.8, 4) is 17.6 Å². The molecule has 0 unspecified atom stereocenters. The summed E-state index contributed by atoms with van der Waals surface area (Å²) < 4.78 is 15.9. The first-order valence-corrected chi connectivity index (χ1v) is 5.60. The van der Waals surface area contributed by atoms with Crippen molar-refractivity contribution in [1.82, 2.24) is 0 Å². The fourth-order valence-corrected chi connectivity index (χ4v) is 1.30. The highest BCUT2D eigenvalue weighted by Crippen LogP contribution is 2.22. The molecule has 0 heterocycles. The second-order valence-corrected chi connectivity index (χ2v) is 3.47. The Bertz CT molecular complexity index is 385. The summed E-state index contributed by atoms with van der Waals surface area (Å²) in [5, 5.41) is 8.84. The zero-order valence-electron chi connectivity index (χ0n) is 10.2. The lowest BCUT2D eigenvalue weighted by molar-refractivity contribution is 0.100. The van der Waals surface area contributed by atoms with Crippen LogP contribution in [-0.2, 0) is 4.74 Å². The molecule has 0 bridgehead atoms. The maximum absolute atomic E-state index is 8.84. The van der Waals surface area contributed by atoms with E-state index in [0.717, 1.165) is 13.0 Å². The van der Waals surface area contributed by atoms with Crippen LogP contribution in [0.15, 0.2) is 18.2 Å². The van der Waals surface area contributed by atoms with E-state index in [0.29, 0.717) is 30.3 Å². The maximum atomic E-state index is 8.84. The number of nitriles is 1. The summed E-state index contributed by atoms with van der Waals surface area (Å²) in [6.07, 6.45) is 0.998. The summed E-state index contributed by atoms with van der Waals surface area (Å²) in [4.78, 5) is 0. The summed E-state index contributed by atoms with van der Waals surface area (Å²) in [5.41, 5.74) is 0.522. The average Bonchev–Trinajstić information content (AvgIpc) is 2.38. The summed E-state index contributed by atoms with van der Waals surface area (Å²) in [6, 6.07) is 7.16. The molecule has 1 rings (SSSR count). The van der Waals surface area contributed by atoms with Crippen molar-refractivity contribution < 1.29 is 14.2 Å². The predicted molar refractivity (Wildman–Crippen MR) is 64.3 cm³/mol. The van der Waals surface area contributed by atoms with Gasteiger partial charge >= 0.3 is 0 Å². The molecule has 0 saturated carbocycles. The van der Waals surface area contributed by atoms with E-state index in [1.54, 1.807) is 25.3 Å². The molecule has 0 N–H and O–H groups in total. The van der Waals surface area contributed by atoms with Crippen LogP contribution in [0.25, 0.3) is 0 Å². The van der Waals surface area contributed by atoms with Crippen molar-refractivity contribution in [3.63, 3.8) is 0 Å². The normalized spacial score (nSPS) is 9.71. The highest BCUT2D eigenvalue weighted by Gasteiger charge is 2.01. The van der Waals surface area contributed by atoms with Crippen molar-refractivity contribution in [2.24, 2.45) is 0 Å². The molecule has 1 aromatic rings. The second-order valence-electron chi connectivity index (χ2n) is 3.47. The quantitative estimate of drug-likeness (QED) is 0.681. The van der Waals surface area contributed by atoms with Gasteiger partial charge in [0.25, 0.3) is 0 Å². The number of hydrogen-bond acceptors (Lipinski definition) is 4. The number of ether oxygens (including phenoxy) is 3. The Hall–Kier alpha value is -1.73. The van der Waals surface area contributed by atoms with Crippen LogP contribution in [0.4, 0.5) is 0 Å². The minimum absolute atomic E-state index is 0.470. The van der Waals surface area contributed by atoms with Crippen molar-refractivity contribution in [2.45, 2.75) is 13.3 Å². The van der Waals surface area contributed by atoms with E-state index < -0.39 is 0 Å². The average molecular weight is 235 g/mol. The van der Waals surface area contributed by atoms with E-state index in [-0.39, 0.29) is 0 Å². The standard InChI is InChI=1S/C13H17NO3/c1-3-4-16-5-6-17-13-8-11(10-14)7-12(9-13)15-2/h7-9H,3-6H2,1-2H3. The summed E-state index contributed by atoms with van der Waals surface area (Å²) in [7, 11) is 1.56.